The van der Waals surface area contributed by atoms with Crippen LogP contribution < -0.4 is 10.6 Å². The Morgan fingerprint density at radius 1 is 1.53 bits per heavy atom. The summed E-state index contributed by atoms with van der Waals surface area (Å²) in [6.07, 6.45) is -0.0323. The van der Waals surface area contributed by atoms with Crippen LogP contribution in [0.1, 0.15) is 23.7 Å². The highest BCUT2D eigenvalue weighted by Gasteiger charge is 2.16. The lowest BCUT2D eigenvalue weighted by Gasteiger charge is -2.09. The first kappa shape index (κ1) is 14.9. The first-order valence-corrected chi connectivity index (χ1v) is 5.88. The van der Waals surface area contributed by atoms with E-state index in [1.165, 1.54) is 25.2 Å². The monoisotopic (exact) mass is 267 g/mol. The Kier molecular flexibility index (Phi) is 5.25. The van der Waals surface area contributed by atoms with Gasteiger partial charge in [0.05, 0.1) is 11.0 Å². The number of hydrogen-bond acceptors (Lipinski definition) is 5. The summed E-state index contributed by atoms with van der Waals surface area (Å²) in [4.78, 5) is 21.8. The Labute approximate surface area is 110 Å². The number of anilines is 1. The van der Waals surface area contributed by atoms with Gasteiger partial charge in [-0.3, -0.25) is 14.9 Å². The van der Waals surface area contributed by atoms with E-state index in [2.05, 4.69) is 10.6 Å². The summed E-state index contributed by atoms with van der Waals surface area (Å²) < 4.78 is 0. The van der Waals surface area contributed by atoms with Crippen molar-refractivity contribution in [2.24, 2.45) is 0 Å². The molecule has 1 rings (SSSR count). The van der Waals surface area contributed by atoms with E-state index >= 15 is 0 Å². The Bertz CT molecular complexity index is 474. The second kappa shape index (κ2) is 6.69. The smallest absolute Gasteiger partial charge is 0.292 e. The van der Waals surface area contributed by atoms with E-state index in [1.807, 2.05) is 0 Å². The largest absolute Gasteiger partial charge is 0.393 e. The second-order valence-corrected chi connectivity index (χ2v) is 4.13. The maximum absolute atomic E-state index is 11.5. The van der Waals surface area contributed by atoms with Crippen LogP contribution in [0.3, 0.4) is 0 Å². The van der Waals surface area contributed by atoms with E-state index in [-0.39, 0.29) is 17.3 Å². The lowest BCUT2D eigenvalue weighted by Crippen LogP contribution is -2.18. The Balaban J connectivity index is 2.95. The first-order valence-electron chi connectivity index (χ1n) is 5.88. The predicted octanol–water partition coefficient (Wildman–Crippen LogP) is 1.14. The van der Waals surface area contributed by atoms with Crippen LogP contribution >= 0.6 is 0 Å². The van der Waals surface area contributed by atoms with Gasteiger partial charge in [-0.25, -0.2) is 0 Å². The Morgan fingerprint density at radius 2 is 2.21 bits per heavy atom. The van der Waals surface area contributed by atoms with Crippen molar-refractivity contribution in [1.29, 1.82) is 0 Å². The van der Waals surface area contributed by atoms with E-state index in [1.54, 1.807) is 6.92 Å². The molecule has 1 unspecified atom stereocenters. The molecule has 104 valence electrons. The molecule has 0 aromatic heterocycles. The third kappa shape index (κ3) is 4.22. The normalized spacial score (nSPS) is 11.7. The summed E-state index contributed by atoms with van der Waals surface area (Å²) in [5.74, 6) is -0.312. The summed E-state index contributed by atoms with van der Waals surface area (Å²) in [6.45, 7) is 2.02. The van der Waals surface area contributed by atoms with Crippen LogP contribution in [0.25, 0.3) is 0 Å². The fourth-order valence-corrected chi connectivity index (χ4v) is 1.54. The average Bonchev–Trinajstić information content (AvgIpc) is 2.37. The van der Waals surface area contributed by atoms with Crippen molar-refractivity contribution in [3.05, 3.63) is 33.9 Å². The second-order valence-electron chi connectivity index (χ2n) is 4.13. The minimum atomic E-state index is -0.516. The number of carbonyl (C=O) groups excluding carboxylic acids is 1. The lowest BCUT2D eigenvalue weighted by atomic mass is 10.1. The van der Waals surface area contributed by atoms with E-state index in [4.69, 9.17) is 5.11 Å². The van der Waals surface area contributed by atoms with Crippen LogP contribution in [0.4, 0.5) is 11.4 Å². The number of amides is 1. The summed E-state index contributed by atoms with van der Waals surface area (Å²) in [5, 5.41) is 25.4. The number of nitro benzene ring substituents is 1. The van der Waals surface area contributed by atoms with Crippen molar-refractivity contribution >= 4 is 17.3 Å². The van der Waals surface area contributed by atoms with Gasteiger partial charge < -0.3 is 15.7 Å². The SMILES string of the molecule is CNC(=O)c1ccc([N+](=O)[O-])c(NCCC(C)O)c1. The molecule has 1 aromatic rings. The maximum atomic E-state index is 11.5. The molecule has 0 saturated carbocycles. The maximum Gasteiger partial charge on any atom is 0.292 e. The van der Waals surface area contributed by atoms with E-state index < -0.39 is 11.0 Å². The third-order valence-corrected chi connectivity index (χ3v) is 2.56. The molecule has 0 aliphatic carbocycles. The molecule has 1 amide bonds. The number of benzene rings is 1. The summed E-state index contributed by atoms with van der Waals surface area (Å²) in [6, 6.07) is 4.12. The van der Waals surface area contributed by atoms with Crippen molar-refractivity contribution in [3.8, 4) is 0 Å². The number of hydrogen-bond donors (Lipinski definition) is 3. The quantitative estimate of drug-likeness (QED) is 0.529. The molecule has 19 heavy (non-hydrogen) atoms. The zero-order valence-electron chi connectivity index (χ0n) is 10.8. The van der Waals surface area contributed by atoms with Crippen LogP contribution in [0, 0.1) is 10.1 Å². The summed E-state index contributed by atoms with van der Waals surface area (Å²) in [5.41, 5.74) is 0.512. The average molecular weight is 267 g/mol. The number of nitrogens with zero attached hydrogens (tertiary/aromatic N) is 1. The molecule has 0 saturated heterocycles. The van der Waals surface area contributed by atoms with Gasteiger partial charge in [0, 0.05) is 25.2 Å². The molecule has 0 bridgehead atoms. The number of aliphatic hydroxyl groups is 1. The van der Waals surface area contributed by atoms with Gasteiger partial charge in [0.15, 0.2) is 0 Å². The molecule has 0 radical (unpaired) electrons. The standard InChI is InChI=1S/C12H17N3O4/c1-8(16)5-6-14-10-7-9(12(17)13-2)3-4-11(10)15(18)19/h3-4,7-8,14,16H,5-6H2,1-2H3,(H,13,17). The van der Waals surface area contributed by atoms with Crippen molar-refractivity contribution < 1.29 is 14.8 Å². The molecular formula is C12H17N3O4. The number of rotatable bonds is 6. The van der Waals surface area contributed by atoms with Crippen LogP contribution in [-0.2, 0) is 0 Å². The van der Waals surface area contributed by atoms with Crippen molar-refractivity contribution in [2.75, 3.05) is 18.9 Å². The van der Waals surface area contributed by atoms with Gasteiger partial charge >= 0.3 is 0 Å². The third-order valence-electron chi connectivity index (χ3n) is 2.56. The molecule has 7 nitrogen and oxygen atoms in total. The van der Waals surface area contributed by atoms with Gasteiger partial charge in [0.1, 0.15) is 5.69 Å². The minimum absolute atomic E-state index is 0.0988. The van der Waals surface area contributed by atoms with Crippen LogP contribution in [0.15, 0.2) is 18.2 Å². The Hall–Kier alpha value is -2.15. The zero-order valence-corrected chi connectivity index (χ0v) is 10.8. The molecule has 0 fully saturated rings. The van der Waals surface area contributed by atoms with Gasteiger partial charge in [0.25, 0.3) is 11.6 Å². The fraction of sp³-hybridized carbons (Fsp3) is 0.417. The molecule has 0 spiro atoms. The van der Waals surface area contributed by atoms with Crippen LogP contribution in [0.5, 0.6) is 0 Å². The number of nitro groups is 1. The molecule has 7 heteroatoms. The number of carbonyl (C=O) groups is 1. The lowest BCUT2D eigenvalue weighted by molar-refractivity contribution is -0.384. The zero-order chi connectivity index (χ0) is 14.4. The topological polar surface area (TPSA) is 104 Å². The molecule has 0 aliphatic rings. The van der Waals surface area contributed by atoms with Crippen LogP contribution in [0.2, 0.25) is 0 Å². The highest BCUT2D eigenvalue weighted by molar-refractivity contribution is 5.95. The molecule has 1 aromatic carbocycles. The van der Waals surface area contributed by atoms with E-state index in [9.17, 15) is 14.9 Å². The molecule has 1 atom stereocenters. The van der Waals surface area contributed by atoms with Gasteiger partial charge in [-0.15, -0.1) is 0 Å². The highest BCUT2D eigenvalue weighted by Crippen LogP contribution is 2.25. The van der Waals surface area contributed by atoms with Gasteiger partial charge in [-0.2, -0.15) is 0 Å². The van der Waals surface area contributed by atoms with E-state index in [0.717, 1.165) is 0 Å². The fourth-order valence-electron chi connectivity index (χ4n) is 1.54. The van der Waals surface area contributed by atoms with Crippen LogP contribution in [-0.4, -0.2) is 35.6 Å². The molecule has 0 heterocycles. The van der Waals surface area contributed by atoms with Gasteiger partial charge in [-0.1, -0.05) is 0 Å². The minimum Gasteiger partial charge on any atom is -0.393 e. The molecule has 3 N–H and O–H groups in total. The summed E-state index contributed by atoms with van der Waals surface area (Å²) in [7, 11) is 1.49. The van der Waals surface area contributed by atoms with Gasteiger partial charge in [-0.05, 0) is 25.5 Å². The number of nitrogens with one attached hydrogen (secondary N) is 2. The predicted molar refractivity (Wildman–Crippen MR) is 71.3 cm³/mol. The molecular weight excluding hydrogens is 250 g/mol. The Morgan fingerprint density at radius 3 is 2.74 bits per heavy atom. The highest BCUT2D eigenvalue weighted by atomic mass is 16.6. The van der Waals surface area contributed by atoms with Crippen molar-refractivity contribution in [1.82, 2.24) is 5.32 Å². The number of aliphatic hydroxyl groups excluding tert-OH is 1. The van der Waals surface area contributed by atoms with Crippen molar-refractivity contribution in [2.45, 2.75) is 19.4 Å². The summed E-state index contributed by atoms with van der Waals surface area (Å²) >= 11 is 0. The first-order chi connectivity index (χ1) is 8.95. The van der Waals surface area contributed by atoms with Gasteiger partial charge in [0.2, 0.25) is 0 Å². The molecule has 0 aliphatic heterocycles. The van der Waals surface area contributed by atoms with E-state index in [0.29, 0.717) is 18.5 Å². The van der Waals surface area contributed by atoms with Crippen molar-refractivity contribution in [3.63, 3.8) is 0 Å².